The van der Waals surface area contributed by atoms with Gasteiger partial charge in [-0.2, -0.15) is 10.2 Å². The maximum Gasteiger partial charge on any atom is 0.226 e. The van der Waals surface area contributed by atoms with Crippen LogP contribution in [0.3, 0.4) is 0 Å². The van der Waals surface area contributed by atoms with E-state index < -0.39 is 0 Å². The van der Waals surface area contributed by atoms with Gasteiger partial charge in [0.15, 0.2) is 0 Å². The number of amides is 1. The lowest BCUT2D eigenvalue weighted by Crippen LogP contribution is -2.50. The average Bonchev–Trinajstić information content (AvgIpc) is 2.56. The molecule has 1 aromatic rings. The molecule has 20 heavy (non-hydrogen) atoms. The number of allylic oxidation sites excluding steroid dienone is 2. The molecular formula is C15H20N4O. The summed E-state index contributed by atoms with van der Waals surface area (Å²) in [5.41, 5.74) is 1.09. The molecule has 1 aromatic heterocycles. The van der Waals surface area contributed by atoms with Gasteiger partial charge in [0.2, 0.25) is 5.91 Å². The quantitative estimate of drug-likeness (QED) is 0.765. The lowest BCUT2D eigenvalue weighted by atomic mass is 9.93. The molecule has 0 radical (unpaired) electrons. The number of anilines is 1. The average molecular weight is 272 g/mol. The minimum atomic E-state index is 0.203. The number of hydrogen-bond donors (Lipinski definition) is 0. The zero-order valence-electron chi connectivity index (χ0n) is 11.6. The summed E-state index contributed by atoms with van der Waals surface area (Å²) in [6.45, 7) is 3.36. The number of aromatic nitrogens is 2. The van der Waals surface area contributed by atoms with Crippen molar-refractivity contribution in [3.63, 3.8) is 0 Å². The Bertz CT molecular complexity index is 480. The van der Waals surface area contributed by atoms with Crippen LogP contribution in [0.25, 0.3) is 0 Å². The van der Waals surface area contributed by atoms with Crippen molar-refractivity contribution in [2.75, 3.05) is 31.1 Å². The van der Waals surface area contributed by atoms with Gasteiger partial charge in [-0.05, 0) is 25.3 Å². The van der Waals surface area contributed by atoms with Crippen LogP contribution in [0.4, 0.5) is 5.69 Å². The van der Waals surface area contributed by atoms with E-state index in [1.54, 1.807) is 12.4 Å². The van der Waals surface area contributed by atoms with E-state index in [2.05, 4.69) is 27.2 Å². The SMILES string of the molecule is O=C([C@H]1CC=CCC1)N1CCN(c2ccnnc2)CC1. The van der Waals surface area contributed by atoms with E-state index in [-0.39, 0.29) is 5.92 Å². The number of rotatable bonds is 2. The van der Waals surface area contributed by atoms with Crippen molar-refractivity contribution >= 4 is 11.6 Å². The minimum absolute atomic E-state index is 0.203. The number of hydrogen-bond acceptors (Lipinski definition) is 4. The van der Waals surface area contributed by atoms with Crippen molar-refractivity contribution in [1.29, 1.82) is 0 Å². The van der Waals surface area contributed by atoms with Crippen LogP contribution < -0.4 is 4.90 Å². The summed E-state index contributed by atoms with van der Waals surface area (Å²) < 4.78 is 0. The highest BCUT2D eigenvalue weighted by molar-refractivity contribution is 5.79. The van der Waals surface area contributed by atoms with Gasteiger partial charge in [0.1, 0.15) is 0 Å². The monoisotopic (exact) mass is 272 g/mol. The third-order valence-electron chi connectivity index (χ3n) is 4.14. The molecule has 0 bridgehead atoms. The molecule has 1 aliphatic carbocycles. The van der Waals surface area contributed by atoms with Crippen LogP contribution in [0.1, 0.15) is 19.3 Å². The first-order valence-electron chi connectivity index (χ1n) is 7.30. The molecule has 0 spiro atoms. The van der Waals surface area contributed by atoms with E-state index >= 15 is 0 Å². The normalized spacial score (nSPS) is 22.9. The van der Waals surface area contributed by atoms with E-state index in [0.29, 0.717) is 5.91 Å². The molecule has 106 valence electrons. The Morgan fingerprint density at radius 1 is 1.15 bits per heavy atom. The van der Waals surface area contributed by atoms with Crippen LogP contribution in [-0.2, 0) is 4.79 Å². The molecular weight excluding hydrogens is 252 g/mol. The van der Waals surface area contributed by atoms with E-state index in [1.165, 1.54) is 0 Å². The molecule has 0 saturated carbocycles. The second kappa shape index (κ2) is 6.03. The number of piperazine rings is 1. The fraction of sp³-hybridized carbons (Fsp3) is 0.533. The van der Waals surface area contributed by atoms with E-state index in [9.17, 15) is 4.79 Å². The first kappa shape index (κ1) is 13.1. The van der Waals surface area contributed by atoms with Gasteiger partial charge in [-0.25, -0.2) is 0 Å². The van der Waals surface area contributed by atoms with Gasteiger partial charge in [0.05, 0.1) is 18.1 Å². The first-order valence-corrected chi connectivity index (χ1v) is 7.30. The molecule has 1 fully saturated rings. The highest BCUT2D eigenvalue weighted by Gasteiger charge is 2.27. The number of carbonyl (C=O) groups is 1. The Morgan fingerprint density at radius 3 is 2.65 bits per heavy atom. The molecule has 0 aromatic carbocycles. The number of nitrogens with zero attached hydrogens (tertiary/aromatic N) is 4. The summed E-state index contributed by atoms with van der Waals surface area (Å²) in [6.07, 6.45) is 10.8. The zero-order valence-corrected chi connectivity index (χ0v) is 11.6. The van der Waals surface area contributed by atoms with Crippen LogP contribution in [0.2, 0.25) is 0 Å². The molecule has 1 saturated heterocycles. The zero-order chi connectivity index (χ0) is 13.8. The lowest BCUT2D eigenvalue weighted by Gasteiger charge is -2.37. The smallest absolute Gasteiger partial charge is 0.226 e. The molecule has 1 atom stereocenters. The fourth-order valence-corrected chi connectivity index (χ4v) is 2.93. The Morgan fingerprint density at radius 2 is 2.00 bits per heavy atom. The van der Waals surface area contributed by atoms with Crippen molar-refractivity contribution in [2.24, 2.45) is 5.92 Å². The van der Waals surface area contributed by atoms with Crippen molar-refractivity contribution in [1.82, 2.24) is 15.1 Å². The Labute approximate surface area is 119 Å². The summed E-state index contributed by atoms with van der Waals surface area (Å²) in [4.78, 5) is 16.7. The van der Waals surface area contributed by atoms with Crippen LogP contribution in [0, 0.1) is 5.92 Å². The molecule has 2 heterocycles. The third kappa shape index (κ3) is 2.81. The standard InChI is InChI=1S/C15H20N4O/c20-15(13-4-2-1-3-5-13)19-10-8-18(9-11-19)14-6-7-16-17-12-14/h1-2,6-7,12-13H,3-5,8-11H2/t13-/m0/s1. The summed E-state index contributed by atoms with van der Waals surface area (Å²) >= 11 is 0. The fourth-order valence-electron chi connectivity index (χ4n) is 2.93. The van der Waals surface area contributed by atoms with Gasteiger partial charge in [0.25, 0.3) is 0 Å². The topological polar surface area (TPSA) is 49.3 Å². The van der Waals surface area contributed by atoms with Crippen molar-refractivity contribution in [2.45, 2.75) is 19.3 Å². The number of carbonyl (C=O) groups excluding carboxylic acids is 1. The summed E-state index contributed by atoms with van der Waals surface area (Å²) in [6, 6.07) is 1.97. The van der Waals surface area contributed by atoms with Gasteiger partial charge in [-0.3, -0.25) is 4.79 Å². The van der Waals surface area contributed by atoms with Gasteiger partial charge in [-0.15, -0.1) is 0 Å². The van der Waals surface area contributed by atoms with Gasteiger partial charge in [0, 0.05) is 32.1 Å². The van der Waals surface area contributed by atoms with Crippen molar-refractivity contribution in [3.05, 3.63) is 30.6 Å². The predicted molar refractivity (Wildman–Crippen MR) is 77.3 cm³/mol. The molecule has 3 rings (SSSR count). The van der Waals surface area contributed by atoms with Crippen LogP contribution in [0.15, 0.2) is 30.6 Å². The molecule has 5 heteroatoms. The van der Waals surface area contributed by atoms with Gasteiger partial charge < -0.3 is 9.80 Å². The van der Waals surface area contributed by atoms with E-state index in [1.807, 2.05) is 11.0 Å². The molecule has 0 unspecified atom stereocenters. The van der Waals surface area contributed by atoms with Crippen LogP contribution in [-0.4, -0.2) is 47.2 Å². The minimum Gasteiger partial charge on any atom is -0.367 e. The Kier molecular flexibility index (Phi) is 3.95. The second-order valence-electron chi connectivity index (χ2n) is 5.39. The molecule has 1 amide bonds. The molecule has 1 aliphatic heterocycles. The molecule has 0 N–H and O–H groups in total. The Hall–Kier alpha value is -1.91. The third-order valence-corrected chi connectivity index (χ3v) is 4.14. The van der Waals surface area contributed by atoms with E-state index in [0.717, 1.165) is 51.1 Å². The van der Waals surface area contributed by atoms with Gasteiger partial charge in [-0.1, -0.05) is 12.2 Å². The Balaban J connectivity index is 1.56. The second-order valence-corrected chi connectivity index (χ2v) is 5.39. The maximum atomic E-state index is 12.4. The first-order chi connectivity index (χ1) is 9.84. The van der Waals surface area contributed by atoms with Crippen molar-refractivity contribution < 1.29 is 4.79 Å². The predicted octanol–water partition coefficient (Wildman–Crippen LogP) is 1.48. The highest BCUT2D eigenvalue weighted by atomic mass is 16.2. The van der Waals surface area contributed by atoms with Crippen LogP contribution in [0.5, 0.6) is 0 Å². The summed E-state index contributed by atoms with van der Waals surface area (Å²) in [5.74, 6) is 0.538. The summed E-state index contributed by atoms with van der Waals surface area (Å²) in [5, 5.41) is 7.70. The maximum absolute atomic E-state index is 12.4. The lowest BCUT2D eigenvalue weighted by molar-refractivity contribution is -0.136. The van der Waals surface area contributed by atoms with E-state index in [4.69, 9.17) is 0 Å². The molecule has 2 aliphatic rings. The largest absolute Gasteiger partial charge is 0.367 e. The molecule has 5 nitrogen and oxygen atoms in total. The summed E-state index contributed by atoms with van der Waals surface area (Å²) in [7, 11) is 0. The van der Waals surface area contributed by atoms with Crippen molar-refractivity contribution in [3.8, 4) is 0 Å². The van der Waals surface area contributed by atoms with Crippen LogP contribution >= 0.6 is 0 Å². The van der Waals surface area contributed by atoms with Gasteiger partial charge >= 0.3 is 0 Å². The highest BCUT2D eigenvalue weighted by Crippen LogP contribution is 2.22.